The molecule has 5 aromatic rings. The lowest BCUT2D eigenvalue weighted by Gasteiger charge is -2.06. The molecule has 16 heteroatoms. The molecule has 0 amide bonds. The Bertz CT molecular complexity index is 2010. The van der Waals surface area contributed by atoms with Crippen molar-refractivity contribution in [2.45, 2.75) is 42.0 Å². The Morgan fingerprint density at radius 2 is 1.60 bits per heavy atom. The van der Waals surface area contributed by atoms with Gasteiger partial charge in [-0.1, -0.05) is 6.07 Å². The van der Waals surface area contributed by atoms with E-state index >= 15 is 0 Å². The predicted molar refractivity (Wildman–Crippen MR) is 145 cm³/mol. The molecular formula is C26H24N3O11S2+. The maximum Gasteiger partial charge on any atom is 0.333 e. The van der Waals surface area contributed by atoms with Gasteiger partial charge in [0.25, 0.3) is 20.2 Å². The number of aromatic hydroxyl groups is 2. The van der Waals surface area contributed by atoms with E-state index in [0.29, 0.717) is 35.1 Å². The van der Waals surface area contributed by atoms with E-state index in [0.717, 1.165) is 24.6 Å². The van der Waals surface area contributed by atoms with Gasteiger partial charge in [-0.15, -0.1) is 4.73 Å². The van der Waals surface area contributed by atoms with Crippen LogP contribution in [0.5, 0.6) is 11.8 Å². The lowest BCUT2D eigenvalue weighted by molar-refractivity contribution is -0.697. The Morgan fingerprint density at radius 1 is 0.905 bits per heavy atom. The van der Waals surface area contributed by atoms with Crippen LogP contribution in [0.25, 0.3) is 33.3 Å². The average Bonchev–Trinajstić information content (AvgIpc) is 3.51. The number of carbonyl (C=O) groups excluding carboxylic acids is 1. The molecular weight excluding hydrogens is 594 g/mol. The molecule has 42 heavy (non-hydrogen) atoms. The summed E-state index contributed by atoms with van der Waals surface area (Å²) in [5, 5.41) is 19.5. The van der Waals surface area contributed by atoms with Crippen LogP contribution < -0.4 is 9.40 Å². The molecule has 0 aliphatic heterocycles. The fourth-order valence-electron chi connectivity index (χ4n) is 4.36. The molecule has 3 heterocycles. The lowest BCUT2D eigenvalue weighted by atomic mass is 10.1. The summed E-state index contributed by atoms with van der Waals surface area (Å²) in [6, 6.07) is 10.4. The van der Waals surface area contributed by atoms with Crippen molar-refractivity contribution in [2.75, 3.05) is 0 Å². The summed E-state index contributed by atoms with van der Waals surface area (Å²) in [6.45, 7) is 0.621. The first-order chi connectivity index (χ1) is 19.8. The summed E-state index contributed by atoms with van der Waals surface area (Å²) in [6.07, 6.45) is 5.57. The molecule has 0 atom stereocenters. The SMILES string of the molecule is O=C(CCCCC[n+]1ccc(-c2nc3c(o2)c(S(=O)(=O)O)cc2cc(S(=O)(=O)O)ccc23)cc1)On1c(O)ccc1O. The molecule has 4 N–H and O–H groups in total. The second kappa shape index (κ2) is 11.1. The van der Waals surface area contributed by atoms with Crippen LogP contribution >= 0.6 is 0 Å². The van der Waals surface area contributed by atoms with E-state index in [-0.39, 0.29) is 40.6 Å². The molecule has 2 aromatic carbocycles. The van der Waals surface area contributed by atoms with Crippen LogP contribution in [0.4, 0.5) is 0 Å². The molecule has 14 nitrogen and oxygen atoms in total. The number of aryl methyl sites for hydroxylation is 1. The van der Waals surface area contributed by atoms with Crippen molar-refractivity contribution in [1.82, 2.24) is 9.71 Å². The number of carbonyl (C=O) groups is 1. The van der Waals surface area contributed by atoms with Gasteiger partial charge in [0.2, 0.25) is 17.7 Å². The third kappa shape index (κ3) is 6.06. The zero-order chi connectivity index (χ0) is 30.2. The molecule has 0 fully saturated rings. The molecule has 0 saturated carbocycles. The van der Waals surface area contributed by atoms with Gasteiger partial charge in [-0.2, -0.15) is 16.8 Å². The first kappa shape index (κ1) is 29.0. The Balaban J connectivity index is 1.28. The van der Waals surface area contributed by atoms with Crippen LogP contribution in [0.2, 0.25) is 0 Å². The highest BCUT2D eigenvalue weighted by atomic mass is 32.2. The first-order valence-electron chi connectivity index (χ1n) is 12.4. The molecule has 5 rings (SSSR count). The number of unbranched alkanes of at least 4 members (excludes halogenated alkanes) is 2. The normalized spacial score (nSPS) is 12.2. The Kier molecular flexibility index (Phi) is 7.63. The van der Waals surface area contributed by atoms with E-state index in [1.54, 1.807) is 24.5 Å². The minimum absolute atomic E-state index is 0.0617. The van der Waals surface area contributed by atoms with Gasteiger partial charge < -0.3 is 19.5 Å². The van der Waals surface area contributed by atoms with Crippen molar-refractivity contribution in [3.05, 3.63) is 60.9 Å². The van der Waals surface area contributed by atoms with Crippen LogP contribution in [0.3, 0.4) is 0 Å². The standard InChI is InChI=1S/C26H23N3O11S2/c30-21-7-8-22(31)29(21)40-23(32)4-2-1-3-11-28-12-9-16(10-13-28)26-27-24-19-6-5-18(41(33,34)35)14-17(19)15-20(25(24)39-26)42(36,37)38/h5-10,12-15,27H,1-4,11H2,(H2,33,34,35,36,37,38)/p+1. The summed E-state index contributed by atoms with van der Waals surface area (Å²) in [5.41, 5.74) is 0.372. The summed E-state index contributed by atoms with van der Waals surface area (Å²) in [5.74, 6) is -1.32. The number of nitrogens with zero attached hydrogens (tertiary/aromatic N) is 3. The van der Waals surface area contributed by atoms with Gasteiger partial charge in [-0.3, -0.25) is 9.11 Å². The second-order valence-corrected chi connectivity index (χ2v) is 12.2. The van der Waals surface area contributed by atoms with Crippen LogP contribution in [0.15, 0.2) is 75.1 Å². The van der Waals surface area contributed by atoms with Gasteiger partial charge in [0.05, 0.1) is 4.90 Å². The van der Waals surface area contributed by atoms with Crippen molar-refractivity contribution in [1.29, 1.82) is 0 Å². The van der Waals surface area contributed by atoms with Gasteiger partial charge in [0.1, 0.15) is 17.0 Å². The number of hydrogen-bond donors (Lipinski definition) is 4. The van der Waals surface area contributed by atoms with Gasteiger partial charge >= 0.3 is 5.97 Å². The Labute approximate surface area is 238 Å². The summed E-state index contributed by atoms with van der Waals surface area (Å²) in [7, 11) is -9.35. The van der Waals surface area contributed by atoms with E-state index in [9.17, 15) is 40.9 Å². The van der Waals surface area contributed by atoms with Gasteiger partial charge in [0, 0.05) is 48.1 Å². The summed E-state index contributed by atoms with van der Waals surface area (Å²) >= 11 is 0. The van der Waals surface area contributed by atoms with E-state index in [1.807, 2.05) is 4.57 Å². The number of rotatable bonds is 10. The lowest BCUT2D eigenvalue weighted by Crippen LogP contribution is -2.32. The summed E-state index contributed by atoms with van der Waals surface area (Å²) < 4.78 is 74.7. The Hall–Kier alpha value is -4.51. The maximum absolute atomic E-state index is 12.1. The van der Waals surface area contributed by atoms with Crippen LogP contribution in [-0.2, 0) is 31.6 Å². The number of oxazole rings is 1. The number of benzene rings is 2. The van der Waals surface area contributed by atoms with Crippen molar-refractivity contribution in [2.24, 2.45) is 0 Å². The highest BCUT2D eigenvalue weighted by Crippen LogP contribution is 2.35. The number of fused-ring (bicyclic) bond motifs is 3. The molecule has 220 valence electrons. The molecule has 0 radical (unpaired) electrons. The van der Waals surface area contributed by atoms with Crippen molar-refractivity contribution >= 4 is 48.1 Å². The fourth-order valence-corrected chi connectivity index (χ4v) is 5.52. The van der Waals surface area contributed by atoms with E-state index in [1.165, 1.54) is 18.2 Å². The topological polar surface area (TPSA) is 210 Å². The largest absolute Gasteiger partial charge is 0.492 e. The van der Waals surface area contributed by atoms with Crippen molar-refractivity contribution in [3.63, 3.8) is 0 Å². The Morgan fingerprint density at radius 3 is 2.24 bits per heavy atom. The minimum Gasteiger partial charge on any atom is -0.492 e. The molecule has 0 saturated heterocycles. The number of hydrogen-bond acceptors (Lipinski definition) is 10. The molecule has 0 bridgehead atoms. The zero-order valence-corrected chi connectivity index (χ0v) is 23.2. The first-order valence-corrected chi connectivity index (χ1v) is 15.3. The van der Waals surface area contributed by atoms with Crippen LogP contribution in [0.1, 0.15) is 25.7 Å². The molecule has 0 unspecified atom stereocenters. The number of pyridine rings is 1. The monoisotopic (exact) mass is 618 g/mol. The maximum atomic E-state index is 12.1. The molecule has 0 spiro atoms. The van der Waals surface area contributed by atoms with E-state index in [2.05, 4.69) is 4.98 Å². The zero-order valence-electron chi connectivity index (χ0n) is 21.6. The smallest absolute Gasteiger partial charge is 0.333 e. The predicted octanol–water partition coefficient (Wildman–Crippen LogP) is 2.86. The third-order valence-electron chi connectivity index (χ3n) is 6.42. The second-order valence-electron chi connectivity index (χ2n) is 9.35. The molecule has 0 aliphatic rings. The molecule has 0 aliphatic carbocycles. The minimum atomic E-state index is -4.78. The van der Waals surface area contributed by atoms with Gasteiger partial charge in [-0.25, -0.2) is 14.3 Å². The van der Waals surface area contributed by atoms with Crippen LogP contribution in [0, 0.1) is 0 Å². The van der Waals surface area contributed by atoms with Crippen molar-refractivity contribution < 1.29 is 54.8 Å². The van der Waals surface area contributed by atoms with Crippen molar-refractivity contribution in [3.8, 4) is 23.2 Å². The highest BCUT2D eigenvalue weighted by Gasteiger charge is 2.24. The molecule has 3 aromatic heterocycles. The fraction of sp³-hybridized carbons (Fsp3) is 0.192. The quantitative estimate of drug-likeness (QED) is 0.101. The van der Waals surface area contributed by atoms with E-state index in [4.69, 9.17) is 9.25 Å². The van der Waals surface area contributed by atoms with E-state index < -0.39 is 36.0 Å². The number of aromatic nitrogens is 3. The van der Waals surface area contributed by atoms with Gasteiger partial charge in [-0.05, 0) is 36.4 Å². The third-order valence-corrected chi connectivity index (χ3v) is 8.13. The van der Waals surface area contributed by atoms with Gasteiger partial charge in [0.15, 0.2) is 18.0 Å². The average molecular weight is 619 g/mol. The highest BCUT2D eigenvalue weighted by molar-refractivity contribution is 7.86. The van der Waals surface area contributed by atoms with Crippen LogP contribution in [-0.4, -0.2) is 51.8 Å². The summed E-state index contributed by atoms with van der Waals surface area (Å²) in [4.78, 5) is 20.2.